The minimum Gasteiger partial charge on any atom is -0.393 e. The SMILES string of the molecule is CC1=CCC[C@@]2(C)[C@@H](CC[C@@]2(O)CN(C[C@H]2CCCO2)C(=O)N[C@H](C)c2ccccc2)c2ccc(cc2C(=O)C2CCCCC2)C[C@@H](O)CC1. The lowest BCUT2D eigenvalue weighted by Gasteiger charge is -2.46. The van der Waals surface area contributed by atoms with Crippen molar-refractivity contribution < 1.29 is 24.5 Å². The number of hydrogen-bond donors (Lipinski definition) is 3. The summed E-state index contributed by atoms with van der Waals surface area (Å²) >= 11 is 0. The highest BCUT2D eigenvalue weighted by Crippen LogP contribution is 2.59. The summed E-state index contributed by atoms with van der Waals surface area (Å²) in [6.45, 7) is 7.67. The number of Topliss-reactive ketones (excluding diaryl/α,β-unsaturated/α-hetero) is 1. The molecule has 2 saturated carbocycles. The van der Waals surface area contributed by atoms with Crippen LogP contribution >= 0.6 is 0 Å². The minimum absolute atomic E-state index is 0.0240. The van der Waals surface area contributed by atoms with Gasteiger partial charge in [0.2, 0.25) is 0 Å². The van der Waals surface area contributed by atoms with E-state index in [1.807, 2.05) is 42.2 Å². The van der Waals surface area contributed by atoms with Crippen molar-refractivity contribution in [3.8, 4) is 0 Å². The molecule has 2 aromatic rings. The Labute approximate surface area is 299 Å². The normalized spacial score (nSPS) is 29.9. The van der Waals surface area contributed by atoms with E-state index in [2.05, 4.69) is 43.4 Å². The topological polar surface area (TPSA) is 99.1 Å². The molecule has 1 aliphatic heterocycles. The van der Waals surface area contributed by atoms with E-state index < -0.39 is 17.1 Å². The summed E-state index contributed by atoms with van der Waals surface area (Å²) in [5, 5.41) is 27.2. The maximum Gasteiger partial charge on any atom is 0.318 e. The predicted octanol–water partition coefficient (Wildman–Crippen LogP) is 8.44. The second kappa shape index (κ2) is 16.1. The first-order valence-electron chi connectivity index (χ1n) is 19.5. The number of nitrogens with zero attached hydrogens (tertiary/aromatic N) is 1. The molecule has 3 N–H and O–H groups in total. The van der Waals surface area contributed by atoms with Crippen LogP contribution in [0.15, 0.2) is 60.2 Å². The van der Waals surface area contributed by atoms with Gasteiger partial charge in [0.15, 0.2) is 5.78 Å². The highest BCUT2D eigenvalue weighted by Gasteiger charge is 2.58. The number of benzene rings is 2. The average Bonchev–Trinajstić information content (AvgIpc) is 3.72. The van der Waals surface area contributed by atoms with Crippen LogP contribution in [0, 0.1) is 11.3 Å². The number of carbonyl (C=O) groups is 2. The summed E-state index contributed by atoms with van der Waals surface area (Å²) in [7, 11) is 0. The van der Waals surface area contributed by atoms with Gasteiger partial charge in [-0.1, -0.05) is 80.3 Å². The fraction of sp³-hybridized carbons (Fsp3) is 0.628. The number of ketones is 1. The molecule has 0 radical (unpaired) electrons. The molecule has 0 spiro atoms. The van der Waals surface area contributed by atoms with Crippen LogP contribution < -0.4 is 5.32 Å². The Morgan fingerprint density at radius 2 is 1.78 bits per heavy atom. The van der Waals surface area contributed by atoms with E-state index in [0.717, 1.165) is 86.5 Å². The van der Waals surface area contributed by atoms with Crippen molar-refractivity contribution in [2.75, 3.05) is 19.7 Å². The van der Waals surface area contributed by atoms with E-state index in [4.69, 9.17) is 4.74 Å². The van der Waals surface area contributed by atoms with Crippen LogP contribution in [0.2, 0.25) is 0 Å². The lowest BCUT2D eigenvalue weighted by atomic mass is 9.64. The Kier molecular flexibility index (Phi) is 11.9. The van der Waals surface area contributed by atoms with Crippen LogP contribution in [0.25, 0.3) is 0 Å². The fourth-order valence-electron chi connectivity index (χ4n) is 9.47. The summed E-state index contributed by atoms with van der Waals surface area (Å²) in [6.07, 6.45) is 13.6. The molecule has 6 atom stereocenters. The van der Waals surface area contributed by atoms with Gasteiger partial charge < -0.3 is 25.2 Å². The molecule has 1 saturated heterocycles. The summed E-state index contributed by atoms with van der Waals surface area (Å²) in [6, 6.07) is 15.9. The third-order valence-electron chi connectivity index (χ3n) is 12.7. The molecule has 5 aliphatic rings. The van der Waals surface area contributed by atoms with Crippen LogP contribution in [0.1, 0.15) is 143 Å². The van der Waals surface area contributed by atoms with Gasteiger partial charge in [-0.2, -0.15) is 0 Å². The largest absolute Gasteiger partial charge is 0.393 e. The van der Waals surface area contributed by atoms with E-state index in [9.17, 15) is 19.8 Å². The molecule has 7 rings (SSSR count). The molecule has 0 aromatic heterocycles. The van der Waals surface area contributed by atoms with Crippen molar-refractivity contribution >= 4 is 11.8 Å². The Hall–Kier alpha value is -3.00. The molecular weight excluding hydrogens is 624 g/mol. The zero-order valence-corrected chi connectivity index (χ0v) is 30.7. The van der Waals surface area contributed by atoms with E-state index in [-0.39, 0.29) is 42.3 Å². The Balaban J connectivity index is 1.36. The van der Waals surface area contributed by atoms with Crippen molar-refractivity contribution in [1.29, 1.82) is 0 Å². The Bertz CT molecular complexity index is 1500. The van der Waals surface area contributed by atoms with Crippen LogP contribution in [0.4, 0.5) is 4.79 Å². The average molecular weight is 685 g/mol. The number of ether oxygens (including phenoxy) is 1. The van der Waals surface area contributed by atoms with Crippen molar-refractivity contribution in [2.24, 2.45) is 11.3 Å². The van der Waals surface area contributed by atoms with Gasteiger partial charge in [-0.3, -0.25) is 4.79 Å². The van der Waals surface area contributed by atoms with Crippen molar-refractivity contribution in [1.82, 2.24) is 10.2 Å². The number of aliphatic hydroxyl groups is 2. The molecule has 272 valence electrons. The molecule has 0 unspecified atom stereocenters. The van der Waals surface area contributed by atoms with Gasteiger partial charge in [-0.15, -0.1) is 0 Å². The van der Waals surface area contributed by atoms with Gasteiger partial charge in [0, 0.05) is 30.0 Å². The third kappa shape index (κ3) is 8.21. The lowest BCUT2D eigenvalue weighted by Crippen LogP contribution is -2.56. The van der Waals surface area contributed by atoms with E-state index in [0.29, 0.717) is 32.4 Å². The molecule has 50 heavy (non-hydrogen) atoms. The molecule has 2 bridgehead atoms. The summed E-state index contributed by atoms with van der Waals surface area (Å²) < 4.78 is 6.03. The fourth-order valence-corrected chi connectivity index (χ4v) is 9.47. The van der Waals surface area contributed by atoms with Crippen molar-refractivity contribution in [3.63, 3.8) is 0 Å². The van der Waals surface area contributed by atoms with Crippen molar-refractivity contribution in [2.45, 2.75) is 140 Å². The van der Waals surface area contributed by atoms with Gasteiger partial charge >= 0.3 is 6.03 Å². The first-order chi connectivity index (χ1) is 24.1. The number of urea groups is 1. The second-order valence-electron chi connectivity index (χ2n) is 16.2. The molecule has 1 heterocycles. The van der Waals surface area contributed by atoms with Gasteiger partial charge in [-0.05, 0) is 113 Å². The number of carbonyl (C=O) groups excluding carboxylic acids is 2. The zero-order valence-electron chi connectivity index (χ0n) is 30.7. The molecule has 4 aliphatic carbocycles. The minimum atomic E-state index is -1.18. The molecule has 7 heteroatoms. The number of hydrogen-bond acceptors (Lipinski definition) is 5. The molecule has 2 amide bonds. The first kappa shape index (κ1) is 36.8. The Morgan fingerprint density at radius 1 is 1.00 bits per heavy atom. The van der Waals surface area contributed by atoms with Crippen LogP contribution in [0.5, 0.6) is 0 Å². The smallest absolute Gasteiger partial charge is 0.318 e. The Morgan fingerprint density at radius 3 is 2.52 bits per heavy atom. The number of rotatable bonds is 8. The van der Waals surface area contributed by atoms with Gasteiger partial charge in [0.05, 0.1) is 30.4 Å². The highest BCUT2D eigenvalue weighted by molar-refractivity contribution is 5.99. The number of aliphatic hydroxyl groups excluding tert-OH is 1. The maximum atomic E-state index is 14.4. The summed E-state index contributed by atoms with van der Waals surface area (Å²) in [4.78, 5) is 30.4. The predicted molar refractivity (Wildman–Crippen MR) is 198 cm³/mol. The lowest BCUT2D eigenvalue weighted by molar-refractivity contribution is -0.0808. The van der Waals surface area contributed by atoms with Crippen LogP contribution in [0.3, 0.4) is 0 Å². The van der Waals surface area contributed by atoms with Gasteiger partial charge in [0.1, 0.15) is 0 Å². The van der Waals surface area contributed by atoms with Crippen LogP contribution in [-0.4, -0.2) is 64.4 Å². The van der Waals surface area contributed by atoms with Gasteiger partial charge in [-0.25, -0.2) is 4.79 Å². The van der Waals surface area contributed by atoms with Gasteiger partial charge in [0.25, 0.3) is 0 Å². The molecule has 7 nitrogen and oxygen atoms in total. The maximum absolute atomic E-state index is 14.4. The van der Waals surface area contributed by atoms with E-state index in [1.54, 1.807) is 0 Å². The monoisotopic (exact) mass is 684 g/mol. The number of amides is 2. The quantitative estimate of drug-likeness (QED) is 0.192. The number of fused-ring (bicyclic) bond motifs is 8. The first-order valence-corrected chi connectivity index (χ1v) is 19.5. The number of allylic oxidation sites excluding steroid dienone is 2. The van der Waals surface area contributed by atoms with E-state index in [1.165, 1.54) is 12.0 Å². The zero-order chi connectivity index (χ0) is 35.3. The second-order valence-corrected chi connectivity index (χ2v) is 16.2. The van der Waals surface area contributed by atoms with Crippen LogP contribution in [-0.2, 0) is 11.2 Å². The number of nitrogens with one attached hydrogen (secondary N) is 1. The summed E-state index contributed by atoms with van der Waals surface area (Å²) in [5.41, 5.74) is 3.32. The summed E-state index contributed by atoms with van der Waals surface area (Å²) in [5.74, 6) is 0.198. The van der Waals surface area contributed by atoms with E-state index >= 15 is 0 Å². The third-order valence-corrected chi connectivity index (χ3v) is 12.7. The van der Waals surface area contributed by atoms with Crippen molar-refractivity contribution in [3.05, 3.63) is 82.4 Å². The molecule has 2 aromatic carbocycles. The molecular formula is C43H60N2O5. The highest BCUT2D eigenvalue weighted by atomic mass is 16.5. The molecule has 3 fully saturated rings. The standard InChI is InChI=1S/C43H60N2O5/c1-30-12-10-23-42(3)39(37-21-19-32(26-35(46)20-18-30)27-38(37)40(47)34-15-8-5-9-16-34)22-24-43(42,49)29-45(28-36-17-11-25-50-36)41(48)44-31(2)33-13-6-4-7-14-33/h4,6-7,12-14,19,21,27,31,34-36,39,46,49H,5,8-11,15-18,20,22-26,28-29H2,1-3H3,(H,44,48)/t31-,35+,36-,39+,42+,43-/m1/s1.